The lowest BCUT2D eigenvalue weighted by Gasteiger charge is -2.34. The summed E-state index contributed by atoms with van der Waals surface area (Å²) in [6.07, 6.45) is 7.23. The topological polar surface area (TPSA) is 47.4 Å². The van der Waals surface area contributed by atoms with Gasteiger partial charge in [0.25, 0.3) is 0 Å². The molecule has 2 aromatic rings. The van der Waals surface area contributed by atoms with E-state index in [4.69, 9.17) is 4.74 Å². The molecule has 5 nitrogen and oxygen atoms in total. The van der Waals surface area contributed by atoms with Gasteiger partial charge in [0.15, 0.2) is 0 Å². The summed E-state index contributed by atoms with van der Waals surface area (Å²) < 4.78 is 7.44. The van der Waals surface area contributed by atoms with Crippen LogP contribution in [0.5, 0.6) is 0 Å². The normalized spacial score (nSPS) is 21.7. The van der Waals surface area contributed by atoms with E-state index in [1.807, 2.05) is 55.3 Å². The van der Waals surface area contributed by atoms with E-state index in [2.05, 4.69) is 5.10 Å². The van der Waals surface area contributed by atoms with E-state index in [0.717, 1.165) is 11.3 Å². The number of nitrogens with zero attached hydrogens (tertiary/aromatic N) is 3. The molecule has 1 aliphatic heterocycles. The van der Waals surface area contributed by atoms with Crippen molar-refractivity contribution in [3.8, 4) is 5.69 Å². The van der Waals surface area contributed by atoms with Gasteiger partial charge in [0.2, 0.25) is 5.91 Å². The third kappa shape index (κ3) is 3.87. The maximum Gasteiger partial charge on any atom is 0.246 e. The van der Waals surface area contributed by atoms with Gasteiger partial charge in [-0.1, -0.05) is 18.2 Å². The van der Waals surface area contributed by atoms with Crippen molar-refractivity contribution < 1.29 is 9.53 Å². The van der Waals surface area contributed by atoms with Crippen LogP contribution in [0.4, 0.5) is 0 Å². The molecule has 2 atom stereocenters. The zero-order valence-corrected chi connectivity index (χ0v) is 13.4. The van der Waals surface area contributed by atoms with Gasteiger partial charge in [0.1, 0.15) is 0 Å². The molecule has 0 N–H and O–H groups in total. The first-order valence-corrected chi connectivity index (χ1v) is 7.84. The molecule has 1 amide bonds. The van der Waals surface area contributed by atoms with Crippen LogP contribution in [0, 0.1) is 0 Å². The Hall–Kier alpha value is -2.40. The number of morpholine rings is 1. The number of ether oxygens (including phenoxy) is 1. The molecule has 120 valence electrons. The highest BCUT2D eigenvalue weighted by atomic mass is 16.5. The molecule has 1 aromatic heterocycles. The molecule has 1 aliphatic rings. The van der Waals surface area contributed by atoms with Gasteiger partial charge in [-0.05, 0) is 32.1 Å². The van der Waals surface area contributed by atoms with Crippen molar-refractivity contribution in [2.24, 2.45) is 0 Å². The van der Waals surface area contributed by atoms with Gasteiger partial charge < -0.3 is 9.64 Å². The molecule has 2 unspecified atom stereocenters. The highest BCUT2D eigenvalue weighted by Crippen LogP contribution is 2.12. The Morgan fingerprint density at radius 3 is 2.61 bits per heavy atom. The molecular weight excluding hydrogens is 290 g/mol. The maximum atomic E-state index is 12.3. The Labute approximate surface area is 136 Å². The van der Waals surface area contributed by atoms with Crippen LogP contribution in [-0.2, 0) is 9.53 Å². The van der Waals surface area contributed by atoms with Crippen LogP contribution in [0.2, 0.25) is 0 Å². The zero-order chi connectivity index (χ0) is 16.2. The van der Waals surface area contributed by atoms with Gasteiger partial charge in [-0.25, -0.2) is 4.68 Å². The fraction of sp³-hybridized carbons (Fsp3) is 0.333. The van der Waals surface area contributed by atoms with Crippen LogP contribution < -0.4 is 0 Å². The Morgan fingerprint density at radius 1 is 1.22 bits per heavy atom. The second kappa shape index (κ2) is 6.79. The van der Waals surface area contributed by atoms with Crippen LogP contribution >= 0.6 is 0 Å². The lowest BCUT2D eigenvalue weighted by atomic mass is 10.2. The molecule has 1 fully saturated rings. The predicted octanol–water partition coefficient (Wildman–Crippen LogP) is 2.52. The number of carbonyl (C=O) groups excluding carboxylic acids is 1. The number of amides is 1. The van der Waals surface area contributed by atoms with Gasteiger partial charge in [-0.2, -0.15) is 5.10 Å². The molecule has 0 saturated carbocycles. The molecule has 23 heavy (non-hydrogen) atoms. The molecule has 5 heteroatoms. The van der Waals surface area contributed by atoms with E-state index in [0.29, 0.717) is 13.1 Å². The number of benzene rings is 1. The van der Waals surface area contributed by atoms with Crippen molar-refractivity contribution in [1.82, 2.24) is 14.7 Å². The van der Waals surface area contributed by atoms with E-state index in [9.17, 15) is 4.79 Å². The Kier molecular flexibility index (Phi) is 4.57. The number of carbonyl (C=O) groups is 1. The molecular formula is C18H21N3O2. The van der Waals surface area contributed by atoms with E-state index in [-0.39, 0.29) is 18.1 Å². The average molecular weight is 311 g/mol. The van der Waals surface area contributed by atoms with E-state index in [1.165, 1.54) is 0 Å². The fourth-order valence-electron chi connectivity index (χ4n) is 2.78. The summed E-state index contributed by atoms with van der Waals surface area (Å²) in [5, 5.41) is 4.32. The highest BCUT2D eigenvalue weighted by molar-refractivity contribution is 5.91. The number of aromatic nitrogens is 2. The summed E-state index contributed by atoms with van der Waals surface area (Å²) in [6.45, 7) is 5.25. The Balaban J connectivity index is 1.66. The lowest BCUT2D eigenvalue weighted by molar-refractivity contribution is -0.137. The average Bonchev–Trinajstić information content (AvgIpc) is 3.01. The third-order valence-electron chi connectivity index (χ3n) is 3.77. The molecule has 0 radical (unpaired) electrons. The molecule has 1 aromatic carbocycles. The van der Waals surface area contributed by atoms with Crippen molar-refractivity contribution in [3.05, 3.63) is 54.4 Å². The van der Waals surface area contributed by atoms with Crippen molar-refractivity contribution in [2.75, 3.05) is 13.1 Å². The molecule has 0 bridgehead atoms. The molecule has 0 aliphatic carbocycles. The van der Waals surface area contributed by atoms with Gasteiger partial charge in [-0.15, -0.1) is 0 Å². The molecule has 2 heterocycles. The van der Waals surface area contributed by atoms with Crippen LogP contribution in [0.25, 0.3) is 11.8 Å². The van der Waals surface area contributed by atoms with Crippen molar-refractivity contribution >= 4 is 12.0 Å². The van der Waals surface area contributed by atoms with Crippen LogP contribution in [0.15, 0.2) is 48.8 Å². The van der Waals surface area contributed by atoms with Crippen LogP contribution in [-0.4, -0.2) is 45.9 Å². The summed E-state index contributed by atoms with van der Waals surface area (Å²) in [7, 11) is 0. The van der Waals surface area contributed by atoms with Gasteiger partial charge in [0, 0.05) is 30.9 Å². The SMILES string of the molecule is CC1CN(C(=O)/C=C/c2cnn(-c3ccccc3)c2)CC(C)O1. The quantitative estimate of drug-likeness (QED) is 0.818. The number of hydrogen-bond donors (Lipinski definition) is 0. The minimum Gasteiger partial charge on any atom is -0.372 e. The van der Waals surface area contributed by atoms with Gasteiger partial charge >= 0.3 is 0 Å². The molecule has 0 spiro atoms. The Bertz CT molecular complexity index is 683. The number of hydrogen-bond acceptors (Lipinski definition) is 3. The fourth-order valence-corrected chi connectivity index (χ4v) is 2.78. The van der Waals surface area contributed by atoms with E-state index in [1.54, 1.807) is 23.0 Å². The van der Waals surface area contributed by atoms with Crippen LogP contribution in [0.1, 0.15) is 19.4 Å². The lowest BCUT2D eigenvalue weighted by Crippen LogP contribution is -2.47. The minimum absolute atomic E-state index is 0.0134. The minimum atomic E-state index is 0.0134. The van der Waals surface area contributed by atoms with Gasteiger partial charge in [-0.3, -0.25) is 4.79 Å². The largest absolute Gasteiger partial charge is 0.372 e. The Morgan fingerprint density at radius 2 is 1.91 bits per heavy atom. The summed E-state index contributed by atoms with van der Waals surface area (Å²) >= 11 is 0. The van der Waals surface area contributed by atoms with Crippen molar-refractivity contribution in [3.63, 3.8) is 0 Å². The van der Waals surface area contributed by atoms with E-state index < -0.39 is 0 Å². The highest BCUT2D eigenvalue weighted by Gasteiger charge is 2.24. The standard InChI is InChI=1S/C18H21N3O2/c1-14-11-20(12-15(2)23-14)18(22)9-8-16-10-19-21(13-16)17-6-4-3-5-7-17/h3-10,13-15H,11-12H2,1-2H3/b9-8+. The van der Waals surface area contributed by atoms with Crippen molar-refractivity contribution in [1.29, 1.82) is 0 Å². The van der Waals surface area contributed by atoms with Gasteiger partial charge in [0.05, 0.1) is 24.1 Å². The first-order chi connectivity index (χ1) is 11.1. The molecule has 1 saturated heterocycles. The number of para-hydroxylation sites is 1. The van der Waals surface area contributed by atoms with Crippen LogP contribution in [0.3, 0.4) is 0 Å². The third-order valence-corrected chi connectivity index (χ3v) is 3.77. The summed E-state index contributed by atoms with van der Waals surface area (Å²) in [4.78, 5) is 14.1. The number of rotatable bonds is 3. The first kappa shape index (κ1) is 15.5. The van der Waals surface area contributed by atoms with E-state index >= 15 is 0 Å². The second-order valence-electron chi connectivity index (χ2n) is 5.89. The summed E-state index contributed by atoms with van der Waals surface area (Å²) in [5.74, 6) is 0.0134. The first-order valence-electron chi connectivity index (χ1n) is 7.84. The maximum absolute atomic E-state index is 12.3. The zero-order valence-electron chi connectivity index (χ0n) is 13.4. The second-order valence-corrected chi connectivity index (χ2v) is 5.89. The smallest absolute Gasteiger partial charge is 0.246 e. The summed E-state index contributed by atoms with van der Waals surface area (Å²) in [5.41, 5.74) is 1.89. The predicted molar refractivity (Wildman–Crippen MR) is 89.2 cm³/mol. The summed E-state index contributed by atoms with van der Waals surface area (Å²) in [6, 6.07) is 9.88. The monoisotopic (exact) mass is 311 g/mol. The molecule has 3 rings (SSSR count). The van der Waals surface area contributed by atoms with Crippen molar-refractivity contribution in [2.45, 2.75) is 26.1 Å².